The van der Waals surface area contributed by atoms with Crippen molar-refractivity contribution in [2.24, 2.45) is 0 Å². The summed E-state index contributed by atoms with van der Waals surface area (Å²) in [6, 6.07) is 6.79. The average molecular weight is 216 g/mol. The van der Waals surface area contributed by atoms with Crippen molar-refractivity contribution in [1.29, 1.82) is 5.26 Å². The molecule has 4 heteroatoms. The molecule has 0 aliphatic carbocycles. The summed E-state index contributed by atoms with van der Waals surface area (Å²) >= 11 is 0. The second-order valence-electron chi connectivity index (χ2n) is 3.84. The maximum Gasteiger partial charge on any atom is 0.335 e. The zero-order chi connectivity index (χ0) is 11.5. The van der Waals surface area contributed by atoms with Gasteiger partial charge in [-0.15, -0.1) is 0 Å². The van der Waals surface area contributed by atoms with Gasteiger partial charge < -0.3 is 10.0 Å². The van der Waals surface area contributed by atoms with Gasteiger partial charge in [-0.3, -0.25) is 0 Å². The number of anilines is 1. The largest absolute Gasteiger partial charge is 0.478 e. The van der Waals surface area contributed by atoms with Crippen LogP contribution in [0.15, 0.2) is 18.2 Å². The minimum Gasteiger partial charge on any atom is -0.478 e. The number of nitrogens with zero attached hydrogens (tertiary/aromatic N) is 2. The molecular weight excluding hydrogens is 204 g/mol. The van der Waals surface area contributed by atoms with Crippen molar-refractivity contribution in [3.63, 3.8) is 0 Å². The Morgan fingerprint density at radius 1 is 1.38 bits per heavy atom. The third kappa shape index (κ3) is 1.84. The second-order valence-corrected chi connectivity index (χ2v) is 3.84. The molecule has 1 aliphatic heterocycles. The van der Waals surface area contributed by atoms with Crippen LogP contribution in [0, 0.1) is 11.3 Å². The van der Waals surface area contributed by atoms with Gasteiger partial charge in [0.2, 0.25) is 0 Å². The molecule has 1 N–H and O–H groups in total. The normalized spacial score (nSPS) is 14.8. The molecule has 1 aromatic rings. The molecule has 0 amide bonds. The Bertz CT molecular complexity index is 457. The maximum atomic E-state index is 10.8. The highest BCUT2D eigenvalue weighted by Gasteiger charge is 2.17. The van der Waals surface area contributed by atoms with Crippen LogP contribution in [-0.4, -0.2) is 24.2 Å². The minimum absolute atomic E-state index is 0.166. The van der Waals surface area contributed by atoms with Crippen LogP contribution in [0.25, 0.3) is 0 Å². The summed E-state index contributed by atoms with van der Waals surface area (Å²) in [7, 11) is 0. The van der Waals surface area contributed by atoms with Gasteiger partial charge in [-0.2, -0.15) is 5.26 Å². The molecule has 0 spiro atoms. The molecule has 1 heterocycles. The molecule has 2 rings (SSSR count). The Morgan fingerprint density at radius 2 is 2.06 bits per heavy atom. The highest BCUT2D eigenvalue weighted by Crippen LogP contribution is 2.25. The van der Waals surface area contributed by atoms with E-state index in [1.54, 1.807) is 12.1 Å². The van der Waals surface area contributed by atoms with Crippen molar-refractivity contribution in [2.75, 3.05) is 18.0 Å². The van der Waals surface area contributed by atoms with Crippen LogP contribution in [0.4, 0.5) is 5.69 Å². The quantitative estimate of drug-likeness (QED) is 0.819. The molecule has 16 heavy (non-hydrogen) atoms. The van der Waals surface area contributed by atoms with Gasteiger partial charge in [0.05, 0.1) is 16.8 Å². The zero-order valence-corrected chi connectivity index (χ0v) is 8.81. The summed E-state index contributed by atoms with van der Waals surface area (Å²) in [5.74, 6) is -0.996. The fourth-order valence-electron chi connectivity index (χ4n) is 1.99. The number of carbonyl (C=O) groups is 1. The summed E-state index contributed by atoms with van der Waals surface area (Å²) in [4.78, 5) is 12.9. The fourth-order valence-corrected chi connectivity index (χ4v) is 1.99. The lowest BCUT2D eigenvalue weighted by Crippen LogP contribution is -2.19. The Morgan fingerprint density at radius 3 is 2.62 bits per heavy atom. The van der Waals surface area contributed by atoms with Crippen molar-refractivity contribution >= 4 is 11.7 Å². The standard InChI is InChI=1S/C12H12N2O2/c13-8-10-7-9(12(15)16)3-4-11(10)14-5-1-2-6-14/h3-4,7H,1-2,5-6H2,(H,15,16). The monoisotopic (exact) mass is 216 g/mol. The highest BCUT2D eigenvalue weighted by atomic mass is 16.4. The van der Waals surface area contributed by atoms with Gasteiger partial charge in [-0.25, -0.2) is 4.79 Å². The molecule has 1 aromatic carbocycles. The predicted molar refractivity (Wildman–Crippen MR) is 59.6 cm³/mol. The molecule has 1 saturated heterocycles. The Kier molecular flexibility index (Phi) is 2.78. The van der Waals surface area contributed by atoms with E-state index >= 15 is 0 Å². The Balaban J connectivity index is 2.39. The topological polar surface area (TPSA) is 64.3 Å². The molecule has 0 saturated carbocycles. The van der Waals surface area contributed by atoms with E-state index in [-0.39, 0.29) is 5.56 Å². The van der Waals surface area contributed by atoms with Gasteiger partial charge in [-0.1, -0.05) is 0 Å². The van der Waals surface area contributed by atoms with Crippen molar-refractivity contribution in [2.45, 2.75) is 12.8 Å². The molecule has 0 aromatic heterocycles. The lowest BCUT2D eigenvalue weighted by molar-refractivity contribution is 0.0697. The van der Waals surface area contributed by atoms with Crippen molar-refractivity contribution in [1.82, 2.24) is 0 Å². The van der Waals surface area contributed by atoms with Crippen molar-refractivity contribution in [3.8, 4) is 6.07 Å². The van der Waals surface area contributed by atoms with Gasteiger partial charge in [0.25, 0.3) is 0 Å². The molecule has 0 unspecified atom stereocenters. The third-order valence-electron chi connectivity index (χ3n) is 2.81. The van der Waals surface area contributed by atoms with E-state index in [2.05, 4.69) is 11.0 Å². The molecule has 1 fully saturated rings. The Labute approximate surface area is 93.7 Å². The number of aromatic carboxylic acids is 1. The van der Waals surface area contributed by atoms with Gasteiger partial charge in [0.1, 0.15) is 6.07 Å². The van der Waals surface area contributed by atoms with Gasteiger partial charge in [0, 0.05) is 13.1 Å². The first-order valence-electron chi connectivity index (χ1n) is 5.25. The molecule has 0 atom stereocenters. The summed E-state index contributed by atoms with van der Waals surface area (Å²) in [6.07, 6.45) is 2.26. The first-order valence-corrected chi connectivity index (χ1v) is 5.25. The van der Waals surface area contributed by atoms with Crippen LogP contribution >= 0.6 is 0 Å². The first-order chi connectivity index (χ1) is 7.72. The van der Waals surface area contributed by atoms with E-state index in [9.17, 15) is 4.79 Å². The predicted octanol–water partition coefficient (Wildman–Crippen LogP) is 1.86. The number of nitriles is 1. The number of carboxylic acids is 1. The molecule has 1 aliphatic rings. The molecular formula is C12H12N2O2. The fraction of sp³-hybridized carbons (Fsp3) is 0.333. The van der Waals surface area contributed by atoms with E-state index in [0.717, 1.165) is 31.6 Å². The maximum absolute atomic E-state index is 10.8. The average Bonchev–Trinajstić information content (AvgIpc) is 2.81. The van der Waals surface area contributed by atoms with Gasteiger partial charge >= 0.3 is 5.97 Å². The number of rotatable bonds is 2. The number of benzene rings is 1. The van der Waals surface area contributed by atoms with Crippen LogP contribution in [0.3, 0.4) is 0 Å². The van der Waals surface area contributed by atoms with Crippen LogP contribution in [0.5, 0.6) is 0 Å². The number of carboxylic acid groups (broad SMARTS) is 1. The highest BCUT2D eigenvalue weighted by molar-refractivity contribution is 5.89. The lowest BCUT2D eigenvalue weighted by Gasteiger charge is -2.18. The van der Waals surface area contributed by atoms with E-state index in [1.807, 2.05) is 0 Å². The van der Waals surface area contributed by atoms with Crippen molar-refractivity contribution in [3.05, 3.63) is 29.3 Å². The summed E-state index contributed by atoms with van der Waals surface area (Å²) < 4.78 is 0. The number of hydrogen-bond acceptors (Lipinski definition) is 3. The zero-order valence-electron chi connectivity index (χ0n) is 8.81. The van der Waals surface area contributed by atoms with Crippen molar-refractivity contribution < 1.29 is 9.90 Å². The van der Waals surface area contributed by atoms with E-state index in [1.165, 1.54) is 6.07 Å². The van der Waals surface area contributed by atoms with Crippen LogP contribution in [0.1, 0.15) is 28.8 Å². The van der Waals surface area contributed by atoms with Gasteiger partial charge in [-0.05, 0) is 31.0 Å². The van der Waals surface area contributed by atoms with E-state index < -0.39 is 5.97 Å². The molecule has 0 radical (unpaired) electrons. The van der Waals surface area contributed by atoms with E-state index in [4.69, 9.17) is 10.4 Å². The Hall–Kier alpha value is -2.02. The van der Waals surface area contributed by atoms with Crippen LogP contribution in [-0.2, 0) is 0 Å². The van der Waals surface area contributed by atoms with Crippen LogP contribution in [0.2, 0.25) is 0 Å². The molecule has 82 valence electrons. The summed E-state index contributed by atoms with van der Waals surface area (Å²) in [6.45, 7) is 1.89. The molecule has 4 nitrogen and oxygen atoms in total. The van der Waals surface area contributed by atoms with Crippen LogP contribution < -0.4 is 4.90 Å². The summed E-state index contributed by atoms with van der Waals surface area (Å²) in [5, 5.41) is 17.9. The number of hydrogen-bond donors (Lipinski definition) is 1. The first kappa shape index (κ1) is 10.5. The summed E-state index contributed by atoms with van der Waals surface area (Å²) in [5.41, 5.74) is 1.46. The smallest absolute Gasteiger partial charge is 0.335 e. The third-order valence-corrected chi connectivity index (χ3v) is 2.81. The minimum atomic E-state index is -0.996. The SMILES string of the molecule is N#Cc1cc(C(=O)O)ccc1N1CCCC1. The van der Waals surface area contributed by atoms with E-state index in [0.29, 0.717) is 5.56 Å². The second kappa shape index (κ2) is 4.23. The van der Waals surface area contributed by atoms with Gasteiger partial charge in [0.15, 0.2) is 0 Å². The lowest BCUT2D eigenvalue weighted by atomic mass is 10.1. The molecule has 0 bridgehead atoms.